The molecule has 0 radical (unpaired) electrons. The largest absolute Gasteiger partial charge is 0.348 e. The minimum absolute atomic E-state index is 0.198. The molecule has 0 bridgehead atoms. The monoisotopic (exact) mass is 346 g/mol. The van der Waals surface area contributed by atoms with Crippen molar-refractivity contribution in [2.24, 2.45) is 0 Å². The molecule has 2 amide bonds. The average Bonchev–Trinajstić information content (AvgIpc) is 2.89. The van der Waals surface area contributed by atoms with Gasteiger partial charge in [-0.15, -0.1) is 0 Å². The Kier molecular flexibility index (Phi) is 5.95. The normalized spacial score (nSPS) is 12.0. The number of nitrogens with zero attached hydrogens (tertiary/aromatic N) is 4. The Balaban J connectivity index is 1.95. The van der Waals surface area contributed by atoms with Gasteiger partial charge < -0.3 is 5.32 Å². The highest BCUT2D eigenvalue weighted by atomic mass is 16.2. The van der Waals surface area contributed by atoms with Crippen molar-refractivity contribution >= 4 is 11.8 Å². The molecule has 0 aromatic carbocycles. The third-order valence-electron chi connectivity index (χ3n) is 4.08. The summed E-state index contributed by atoms with van der Waals surface area (Å²) in [6, 6.07) is 3.55. The van der Waals surface area contributed by atoms with Gasteiger partial charge in [0.25, 0.3) is 0 Å². The van der Waals surface area contributed by atoms with Crippen molar-refractivity contribution in [3.63, 3.8) is 0 Å². The van der Waals surface area contributed by atoms with E-state index in [1.54, 1.807) is 11.5 Å². The maximum Gasteiger partial charge on any atom is 0.348 e. The second kappa shape index (κ2) is 7.96. The fourth-order valence-electron chi connectivity index (χ4n) is 2.61. The second-order valence-corrected chi connectivity index (χ2v) is 6.23. The van der Waals surface area contributed by atoms with Crippen molar-refractivity contribution in [1.29, 1.82) is 0 Å². The molecule has 25 heavy (non-hydrogen) atoms. The van der Waals surface area contributed by atoms with Gasteiger partial charge in [0.1, 0.15) is 5.82 Å². The Bertz CT molecular complexity index is 808. The van der Waals surface area contributed by atoms with Crippen LogP contribution in [0.15, 0.2) is 16.9 Å². The van der Waals surface area contributed by atoms with Gasteiger partial charge in [-0.1, -0.05) is 6.92 Å². The van der Waals surface area contributed by atoms with Gasteiger partial charge in [-0.05, 0) is 40.2 Å². The Hall–Kier alpha value is -2.64. The smallest absolute Gasteiger partial charge is 0.336 e. The van der Waals surface area contributed by atoms with E-state index in [4.69, 9.17) is 0 Å². The molecule has 2 aromatic rings. The zero-order chi connectivity index (χ0) is 18.6. The Labute approximate surface area is 147 Å². The van der Waals surface area contributed by atoms with Crippen LogP contribution in [0.5, 0.6) is 0 Å². The molecule has 1 atom stereocenters. The lowest BCUT2D eigenvalue weighted by Crippen LogP contribution is -2.35. The van der Waals surface area contributed by atoms with E-state index in [1.807, 2.05) is 30.7 Å². The van der Waals surface area contributed by atoms with Crippen molar-refractivity contribution in [2.75, 3.05) is 11.9 Å². The van der Waals surface area contributed by atoms with Gasteiger partial charge in [0, 0.05) is 30.5 Å². The van der Waals surface area contributed by atoms with E-state index >= 15 is 0 Å². The molecule has 2 aromatic heterocycles. The van der Waals surface area contributed by atoms with Crippen molar-refractivity contribution in [3.8, 4) is 0 Å². The molecular formula is C17H26N6O2. The molecule has 0 unspecified atom stereocenters. The first-order valence-electron chi connectivity index (χ1n) is 8.48. The molecule has 8 heteroatoms. The van der Waals surface area contributed by atoms with Gasteiger partial charge in [-0.2, -0.15) is 10.1 Å². The molecule has 0 aliphatic rings. The van der Waals surface area contributed by atoms with Crippen LogP contribution in [-0.2, 0) is 6.54 Å². The standard InChI is InChI=1S/C17H26N6O2/c1-6-13(4)23-15(10-12(3)21-23)20-16(24)18-7-8-22-14(5)9-11(2)19-17(22)25/h9-10,13H,6-8H2,1-5H3,(H2,18,20,24)/t13-/m1/s1. The summed E-state index contributed by atoms with van der Waals surface area (Å²) < 4.78 is 3.36. The molecule has 0 saturated heterocycles. The predicted molar refractivity (Wildman–Crippen MR) is 97.0 cm³/mol. The molecule has 0 spiro atoms. The maximum atomic E-state index is 12.1. The number of nitrogens with one attached hydrogen (secondary N) is 2. The van der Waals surface area contributed by atoms with Crippen LogP contribution < -0.4 is 16.3 Å². The number of carbonyl (C=O) groups excluding carboxylic acids is 1. The minimum Gasteiger partial charge on any atom is -0.336 e. The highest BCUT2D eigenvalue weighted by Gasteiger charge is 2.13. The van der Waals surface area contributed by atoms with Crippen LogP contribution in [0.4, 0.5) is 10.6 Å². The van der Waals surface area contributed by atoms with Crippen LogP contribution in [0.1, 0.15) is 43.4 Å². The summed E-state index contributed by atoms with van der Waals surface area (Å²) in [5.74, 6) is 0.662. The molecule has 0 fully saturated rings. The number of aryl methyl sites for hydroxylation is 3. The van der Waals surface area contributed by atoms with E-state index in [0.29, 0.717) is 24.6 Å². The summed E-state index contributed by atoms with van der Waals surface area (Å²) in [5, 5.41) is 10.00. The quantitative estimate of drug-likeness (QED) is 0.838. The number of anilines is 1. The summed E-state index contributed by atoms with van der Waals surface area (Å²) in [6.45, 7) is 10.3. The van der Waals surface area contributed by atoms with Gasteiger partial charge in [-0.3, -0.25) is 9.88 Å². The van der Waals surface area contributed by atoms with E-state index in [9.17, 15) is 9.59 Å². The van der Waals surface area contributed by atoms with Crippen molar-refractivity contribution < 1.29 is 4.79 Å². The van der Waals surface area contributed by atoms with Crippen molar-refractivity contribution in [1.82, 2.24) is 24.6 Å². The molecule has 8 nitrogen and oxygen atoms in total. The zero-order valence-electron chi connectivity index (χ0n) is 15.5. The van der Waals surface area contributed by atoms with E-state index in [1.165, 1.54) is 0 Å². The van der Waals surface area contributed by atoms with E-state index in [2.05, 4.69) is 34.6 Å². The Morgan fingerprint density at radius 3 is 2.60 bits per heavy atom. The fourth-order valence-corrected chi connectivity index (χ4v) is 2.61. The highest BCUT2D eigenvalue weighted by molar-refractivity contribution is 5.88. The summed E-state index contributed by atoms with van der Waals surface area (Å²) >= 11 is 0. The average molecular weight is 346 g/mol. The molecule has 0 aliphatic carbocycles. The molecule has 0 aliphatic heterocycles. The van der Waals surface area contributed by atoms with Crippen LogP contribution in [0.2, 0.25) is 0 Å². The number of rotatable bonds is 6. The SMILES string of the molecule is CC[C@@H](C)n1nc(C)cc1NC(=O)NCCn1c(C)cc(C)nc1=O. The molecule has 2 heterocycles. The first-order valence-corrected chi connectivity index (χ1v) is 8.48. The Morgan fingerprint density at radius 1 is 1.24 bits per heavy atom. The van der Waals surface area contributed by atoms with Crippen molar-refractivity contribution in [2.45, 2.75) is 53.6 Å². The second-order valence-electron chi connectivity index (χ2n) is 6.23. The fraction of sp³-hybridized carbons (Fsp3) is 0.529. The summed E-state index contributed by atoms with van der Waals surface area (Å²) in [6.07, 6.45) is 0.917. The molecule has 136 valence electrons. The topological polar surface area (TPSA) is 93.8 Å². The number of carbonyl (C=O) groups is 1. The van der Waals surface area contributed by atoms with Crippen LogP contribution >= 0.6 is 0 Å². The Morgan fingerprint density at radius 2 is 1.96 bits per heavy atom. The first kappa shape index (κ1) is 18.7. The summed E-state index contributed by atoms with van der Waals surface area (Å²) in [5.41, 5.74) is 2.07. The number of aromatic nitrogens is 4. The van der Waals surface area contributed by atoms with Crippen molar-refractivity contribution in [3.05, 3.63) is 39.7 Å². The molecule has 0 saturated carbocycles. The lowest BCUT2D eigenvalue weighted by atomic mass is 10.3. The number of hydrogen-bond acceptors (Lipinski definition) is 4. The van der Waals surface area contributed by atoms with Gasteiger partial charge in [0.2, 0.25) is 0 Å². The number of hydrogen-bond donors (Lipinski definition) is 2. The van der Waals surface area contributed by atoms with E-state index in [0.717, 1.165) is 17.8 Å². The first-order chi connectivity index (χ1) is 11.8. The number of amides is 2. The van der Waals surface area contributed by atoms with Gasteiger partial charge in [-0.25, -0.2) is 14.3 Å². The van der Waals surface area contributed by atoms with Gasteiger partial charge in [0.15, 0.2) is 0 Å². The highest BCUT2D eigenvalue weighted by Crippen LogP contribution is 2.18. The third kappa shape index (κ3) is 4.68. The minimum atomic E-state index is -0.324. The van der Waals surface area contributed by atoms with Gasteiger partial charge in [0.05, 0.1) is 11.7 Å². The van der Waals surface area contributed by atoms with E-state index in [-0.39, 0.29) is 17.8 Å². The van der Waals surface area contributed by atoms with Crippen LogP contribution in [0.3, 0.4) is 0 Å². The summed E-state index contributed by atoms with van der Waals surface area (Å²) in [4.78, 5) is 27.9. The lowest BCUT2D eigenvalue weighted by molar-refractivity contribution is 0.251. The van der Waals surface area contributed by atoms with Gasteiger partial charge >= 0.3 is 11.7 Å². The third-order valence-corrected chi connectivity index (χ3v) is 4.08. The lowest BCUT2D eigenvalue weighted by Gasteiger charge is -2.15. The van der Waals surface area contributed by atoms with Crippen LogP contribution in [0, 0.1) is 20.8 Å². The number of urea groups is 1. The van der Waals surface area contributed by atoms with Crippen LogP contribution in [0.25, 0.3) is 0 Å². The molecule has 2 N–H and O–H groups in total. The molecular weight excluding hydrogens is 320 g/mol. The maximum absolute atomic E-state index is 12.1. The zero-order valence-corrected chi connectivity index (χ0v) is 15.5. The summed E-state index contributed by atoms with van der Waals surface area (Å²) in [7, 11) is 0. The predicted octanol–water partition coefficient (Wildman–Crippen LogP) is 2.16. The molecule has 2 rings (SSSR count). The van der Waals surface area contributed by atoms with Crippen LogP contribution in [-0.4, -0.2) is 31.9 Å². The van der Waals surface area contributed by atoms with E-state index < -0.39 is 0 Å².